The number of aromatic nitrogens is 1. The number of rotatable bonds is 3. The normalized spacial score (nSPS) is 10.3. The Morgan fingerprint density at radius 3 is 2.64 bits per heavy atom. The molecule has 0 saturated heterocycles. The molecular weight excluding hydrogens is 299 g/mol. The molecule has 0 saturated carbocycles. The van der Waals surface area contributed by atoms with Crippen LogP contribution in [0.4, 0.5) is 19.0 Å². The van der Waals surface area contributed by atoms with Crippen molar-refractivity contribution in [1.29, 1.82) is 5.26 Å². The molecule has 2 rings (SSSR count). The van der Waals surface area contributed by atoms with Gasteiger partial charge in [-0.15, -0.1) is 0 Å². The highest BCUT2D eigenvalue weighted by atomic mass is 19.2. The predicted octanol–water partition coefficient (Wildman–Crippen LogP) is 2.73. The molecule has 2 aromatic rings. The molecular formula is C14H10F3N3O2. The van der Waals surface area contributed by atoms with E-state index in [9.17, 15) is 18.0 Å². The maximum absolute atomic E-state index is 13.9. The van der Waals surface area contributed by atoms with Crippen LogP contribution in [0.3, 0.4) is 0 Å². The van der Waals surface area contributed by atoms with Gasteiger partial charge < -0.3 is 15.5 Å². The molecule has 5 nitrogen and oxygen atoms in total. The summed E-state index contributed by atoms with van der Waals surface area (Å²) in [4.78, 5) is 14.4. The zero-order valence-electron chi connectivity index (χ0n) is 11.3. The fraction of sp³-hybridized carbons (Fsp3) is 0.143. The maximum atomic E-state index is 13.9. The van der Waals surface area contributed by atoms with E-state index in [1.807, 2.05) is 0 Å². The number of hydrogen-bond donors (Lipinski definition) is 2. The summed E-state index contributed by atoms with van der Waals surface area (Å²) in [6.07, 6.45) is 0. The smallest absolute Gasteiger partial charge is 0.341 e. The summed E-state index contributed by atoms with van der Waals surface area (Å²) in [6, 6.07) is 3.33. The molecule has 0 radical (unpaired) electrons. The third kappa shape index (κ3) is 2.37. The number of nitrogens with two attached hydrogens (primary N) is 1. The Morgan fingerprint density at radius 2 is 2.05 bits per heavy atom. The quantitative estimate of drug-likeness (QED) is 0.673. The number of carbonyl (C=O) groups excluding carboxylic acids is 1. The maximum Gasteiger partial charge on any atom is 0.341 e. The first-order valence-electron chi connectivity index (χ1n) is 6.14. The summed E-state index contributed by atoms with van der Waals surface area (Å²) >= 11 is 0. The molecule has 0 aliphatic heterocycles. The van der Waals surface area contributed by atoms with Gasteiger partial charge in [-0.25, -0.2) is 18.0 Å². The summed E-state index contributed by atoms with van der Waals surface area (Å²) in [5, 5.41) is 9.06. The van der Waals surface area contributed by atoms with E-state index in [0.29, 0.717) is 6.07 Å². The predicted molar refractivity (Wildman–Crippen MR) is 71.2 cm³/mol. The lowest BCUT2D eigenvalue weighted by atomic mass is 10.0. The van der Waals surface area contributed by atoms with Gasteiger partial charge in [0.1, 0.15) is 23.0 Å². The van der Waals surface area contributed by atoms with Crippen LogP contribution in [0.15, 0.2) is 12.1 Å². The number of benzene rings is 1. The van der Waals surface area contributed by atoms with Gasteiger partial charge in [0.05, 0.1) is 12.3 Å². The van der Waals surface area contributed by atoms with Crippen LogP contribution in [-0.4, -0.2) is 17.6 Å². The van der Waals surface area contributed by atoms with Crippen molar-refractivity contribution in [2.45, 2.75) is 6.92 Å². The molecule has 0 unspecified atom stereocenters. The van der Waals surface area contributed by atoms with Crippen molar-refractivity contribution >= 4 is 11.8 Å². The first-order chi connectivity index (χ1) is 10.4. The van der Waals surface area contributed by atoms with E-state index >= 15 is 0 Å². The highest BCUT2D eigenvalue weighted by Crippen LogP contribution is 2.33. The van der Waals surface area contributed by atoms with E-state index in [-0.39, 0.29) is 29.2 Å². The van der Waals surface area contributed by atoms with E-state index in [1.165, 1.54) is 6.92 Å². The molecule has 0 amide bonds. The number of hydrogen-bond acceptors (Lipinski definition) is 4. The van der Waals surface area contributed by atoms with Crippen molar-refractivity contribution in [3.8, 4) is 17.3 Å². The minimum absolute atomic E-state index is 0.00842. The van der Waals surface area contributed by atoms with Gasteiger partial charge in [-0.05, 0) is 19.1 Å². The minimum atomic E-state index is -1.70. The molecule has 1 heterocycles. The van der Waals surface area contributed by atoms with Crippen molar-refractivity contribution < 1.29 is 22.7 Å². The lowest BCUT2D eigenvalue weighted by Crippen LogP contribution is -2.08. The third-order valence-corrected chi connectivity index (χ3v) is 2.92. The molecule has 0 aliphatic carbocycles. The zero-order valence-corrected chi connectivity index (χ0v) is 11.3. The number of nitrogens with zero attached hydrogens (tertiary/aromatic N) is 1. The van der Waals surface area contributed by atoms with Crippen LogP contribution in [0.1, 0.15) is 22.8 Å². The fourth-order valence-corrected chi connectivity index (χ4v) is 1.96. The summed E-state index contributed by atoms with van der Waals surface area (Å²) in [5.41, 5.74) is 4.31. The van der Waals surface area contributed by atoms with Gasteiger partial charge in [0, 0.05) is 5.56 Å². The van der Waals surface area contributed by atoms with Crippen molar-refractivity contribution in [3.05, 3.63) is 40.7 Å². The number of H-pyrrole nitrogens is 1. The number of nitrogens with one attached hydrogen (secondary N) is 1. The second-order valence-electron chi connectivity index (χ2n) is 4.22. The Hall–Kier alpha value is -2.95. The van der Waals surface area contributed by atoms with Gasteiger partial charge in [0.2, 0.25) is 0 Å². The number of aromatic amines is 1. The monoisotopic (exact) mass is 309 g/mol. The standard InChI is InChI=1S/C14H10F3N3O2/c1-2-22-14(21)9-7(5-18)13(19)20-12(9)6-3-4-8(15)11(17)10(6)16/h3-4,20H,2,19H2,1H3. The Bertz CT molecular complexity index is 794. The lowest BCUT2D eigenvalue weighted by molar-refractivity contribution is 0.0527. The molecule has 8 heteroatoms. The van der Waals surface area contributed by atoms with E-state index in [2.05, 4.69) is 4.98 Å². The van der Waals surface area contributed by atoms with Gasteiger partial charge in [0.25, 0.3) is 0 Å². The lowest BCUT2D eigenvalue weighted by Gasteiger charge is -2.06. The number of nitriles is 1. The molecule has 0 spiro atoms. The summed E-state index contributed by atoms with van der Waals surface area (Å²) in [7, 11) is 0. The summed E-state index contributed by atoms with van der Waals surface area (Å²) in [5.74, 6) is -5.70. The Labute approximate surface area is 123 Å². The van der Waals surface area contributed by atoms with E-state index in [0.717, 1.165) is 6.07 Å². The SMILES string of the molecule is CCOC(=O)c1c(-c2ccc(F)c(F)c2F)[nH]c(N)c1C#N. The molecule has 114 valence electrons. The Kier molecular flexibility index (Phi) is 4.08. The molecule has 0 bridgehead atoms. The zero-order chi connectivity index (χ0) is 16.4. The van der Waals surface area contributed by atoms with Crippen LogP contribution in [0.5, 0.6) is 0 Å². The molecule has 1 aromatic heterocycles. The minimum Gasteiger partial charge on any atom is -0.462 e. The van der Waals surface area contributed by atoms with Gasteiger partial charge in [-0.3, -0.25) is 0 Å². The first-order valence-corrected chi connectivity index (χ1v) is 6.14. The van der Waals surface area contributed by atoms with Crippen molar-refractivity contribution in [2.75, 3.05) is 12.3 Å². The van der Waals surface area contributed by atoms with Gasteiger partial charge >= 0.3 is 5.97 Å². The summed E-state index contributed by atoms with van der Waals surface area (Å²) < 4.78 is 45.1. The molecule has 0 aliphatic rings. The average Bonchev–Trinajstić information content (AvgIpc) is 2.81. The van der Waals surface area contributed by atoms with Gasteiger partial charge in [0.15, 0.2) is 17.5 Å². The second-order valence-corrected chi connectivity index (χ2v) is 4.22. The van der Waals surface area contributed by atoms with Gasteiger partial charge in [-0.2, -0.15) is 5.26 Å². The largest absolute Gasteiger partial charge is 0.462 e. The number of ether oxygens (including phenoxy) is 1. The molecule has 3 N–H and O–H groups in total. The van der Waals surface area contributed by atoms with Crippen molar-refractivity contribution in [2.24, 2.45) is 0 Å². The number of nitrogen functional groups attached to an aromatic ring is 1. The molecule has 1 aromatic carbocycles. The first kappa shape index (κ1) is 15.4. The van der Waals surface area contributed by atoms with Crippen LogP contribution in [0.25, 0.3) is 11.3 Å². The van der Waals surface area contributed by atoms with Crippen LogP contribution in [-0.2, 0) is 4.74 Å². The fourth-order valence-electron chi connectivity index (χ4n) is 1.96. The highest BCUT2D eigenvalue weighted by Gasteiger charge is 2.27. The number of esters is 1. The van der Waals surface area contributed by atoms with Crippen LogP contribution >= 0.6 is 0 Å². The number of carbonyl (C=O) groups is 1. The van der Waals surface area contributed by atoms with Crippen molar-refractivity contribution in [1.82, 2.24) is 4.98 Å². The molecule has 0 atom stereocenters. The third-order valence-electron chi connectivity index (χ3n) is 2.92. The highest BCUT2D eigenvalue weighted by molar-refractivity contribution is 6.01. The number of halogens is 3. The van der Waals surface area contributed by atoms with E-state index < -0.39 is 29.0 Å². The topological polar surface area (TPSA) is 91.9 Å². The van der Waals surface area contributed by atoms with Crippen LogP contribution in [0, 0.1) is 28.8 Å². The van der Waals surface area contributed by atoms with Crippen LogP contribution in [0.2, 0.25) is 0 Å². The second kappa shape index (κ2) is 5.81. The Balaban J connectivity index is 2.74. The average molecular weight is 309 g/mol. The van der Waals surface area contributed by atoms with E-state index in [4.69, 9.17) is 15.7 Å². The number of anilines is 1. The van der Waals surface area contributed by atoms with E-state index in [1.54, 1.807) is 6.07 Å². The van der Waals surface area contributed by atoms with Gasteiger partial charge in [-0.1, -0.05) is 0 Å². The molecule has 0 fully saturated rings. The summed E-state index contributed by atoms with van der Waals surface area (Å²) in [6.45, 7) is 1.55. The van der Waals surface area contributed by atoms with Crippen molar-refractivity contribution in [3.63, 3.8) is 0 Å². The molecule has 22 heavy (non-hydrogen) atoms. The Morgan fingerprint density at radius 1 is 1.36 bits per heavy atom. The van der Waals surface area contributed by atoms with Crippen LogP contribution < -0.4 is 5.73 Å².